The van der Waals surface area contributed by atoms with Crippen LogP contribution in [0.1, 0.15) is 30.3 Å². The third-order valence-corrected chi connectivity index (χ3v) is 4.59. The van der Waals surface area contributed by atoms with Crippen LogP contribution in [0.2, 0.25) is 0 Å². The molecule has 4 rings (SSSR count). The molecule has 0 radical (unpaired) electrons. The fourth-order valence-corrected chi connectivity index (χ4v) is 3.26. The maximum atomic E-state index is 12.6. The van der Waals surface area contributed by atoms with E-state index in [1.807, 2.05) is 0 Å². The topological polar surface area (TPSA) is 95.1 Å². The first-order valence-electron chi connectivity index (χ1n) is 8.66. The number of fused-ring (bicyclic) bond motifs is 1. The third kappa shape index (κ3) is 3.33. The van der Waals surface area contributed by atoms with Crippen LogP contribution in [0.5, 0.6) is 5.75 Å². The Morgan fingerprint density at radius 2 is 2.07 bits per heavy atom. The highest BCUT2D eigenvalue weighted by molar-refractivity contribution is 5.91. The second kappa shape index (κ2) is 6.89. The molecule has 3 heterocycles. The molecule has 1 fully saturated rings. The number of aryl methyl sites for hydroxylation is 1. The van der Waals surface area contributed by atoms with Gasteiger partial charge in [0.2, 0.25) is 5.89 Å². The lowest BCUT2D eigenvalue weighted by molar-refractivity contribution is -0.189. The lowest BCUT2D eigenvalue weighted by Gasteiger charge is -2.18. The molecule has 1 aromatic carbocycles. The van der Waals surface area contributed by atoms with Crippen molar-refractivity contribution in [3.63, 3.8) is 0 Å². The lowest BCUT2D eigenvalue weighted by atomic mass is 9.98. The number of alkyl halides is 3. The number of nitrogens with zero attached hydrogens (tertiary/aromatic N) is 4. The molecule has 0 atom stereocenters. The largest absolute Gasteiger partial charge is 0.491 e. The highest BCUT2D eigenvalue weighted by Gasteiger charge is 2.41. The molecule has 11 heteroatoms. The smallest absolute Gasteiger partial charge is 0.419 e. The molecule has 0 saturated carbocycles. The molecule has 0 spiro atoms. The Balaban J connectivity index is 1.71. The average molecular weight is 395 g/mol. The summed E-state index contributed by atoms with van der Waals surface area (Å²) in [6.07, 6.45) is -3.35. The van der Waals surface area contributed by atoms with Crippen molar-refractivity contribution < 1.29 is 27.2 Å². The summed E-state index contributed by atoms with van der Waals surface area (Å²) >= 11 is 0. The lowest BCUT2D eigenvalue weighted by Crippen LogP contribution is -2.28. The van der Waals surface area contributed by atoms with Gasteiger partial charge in [0.1, 0.15) is 5.75 Å². The summed E-state index contributed by atoms with van der Waals surface area (Å²) in [5.74, 6) is -1.71. The summed E-state index contributed by atoms with van der Waals surface area (Å²) in [6.45, 7) is 3.32. The van der Waals surface area contributed by atoms with Crippen molar-refractivity contribution in [3.05, 3.63) is 29.8 Å². The molecule has 3 aromatic rings. The molecule has 1 saturated heterocycles. The summed E-state index contributed by atoms with van der Waals surface area (Å²) in [5, 5.41) is 11.8. The van der Waals surface area contributed by atoms with E-state index in [1.54, 1.807) is 13.0 Å². The molecular weight excluding hydrogens is 379 g/mol. The number of nitrogens with one attached hydrogen (secondary N) is 1. The van der Waals surface area contributed by atoms with Gasteiger partial charge in [-0.3, -0.25) is 0 Å². The fraction of sp³-hybridized carbons (Fsp3) is 0.412. The van der Waals surface area contributed by atoms with E-state index in [2.05, 4.69) is 25.3 Å². The highest BCUT2D eigenvalue weighted by Crippen LogP contribution is 2.32. The van der Waals surface area contributed by atoms with Gasteiger partial charge in [-0.25, -0.2) is 4.79 Å². The van der Waals surface area contributed by atoms with Gasteiger partial charge >= 0.3 is 12.1 Å². The number of ether oxygens (including phenoxy) is 1. The standard InChI is InChI=1S/C17H16F3N5O3/c1-9-13-11(3-2-4-12(13)27-15(26)17(18,19)20)25(23-9)16-22-14(28-24-16)10-5-7-21-8-6-10/h2-4,10,21H,5-8H2,1H3. The van der Waals surface area contributed by atoms with E-state index >= 15 is 0 Å². The van der Waals surface area contributed by atoms with E-state index in [1.165, 1.54) is 16.8 Å². The van der Waals surface area contributed by atoms with E-state index < -0.39 is 12.1 Å². The molecule has 28 heavy (non-hydrogen) atoms. The Bertz CT molecular complexity index is 1020. The van der Waals surface area contributed by atoms with Crippen LogP contribution in [-0.4, -0.2) is 45.2 Å². The minimum atomic E-state index is -5.09. The predicted octanol–water partition coefficient (Wildman–Crippen LogP) is 2.65. The van der Waals surface area contributed by atoms with Gasteiger partial charge in [0.15, 0.2) is 0 Å². The van der Waals surface area contributed by atoms with Crippen molar-refractivity contribution in [1.82, 2.24) is 25.2 Å². The van der Waals surface area contributed by atoms with Crippen LogP contribution in [0.15, 0.2) is 22.7 Å². The minimum absolute atomic E-state index is 0.147. The number of hydrogen-bond acceptors (Lipinski definition) is 7. The first-order valence-corrected chi connectivity index (χ1v) is 8.66. The Morgan fingerprint density at radius 3 is 2.79 bits per heavy atom. The van der Waals surface area contributed by atoms with Crippen LogP contribution in [0.4, 0.5) is 13.2 Å². The molecule has 2 aromatic heterocycles. The zero-order valence-corrected chi connectivity index (χ0v) is 14.8. The maximum Gasteiger partial charge on any atom is 0.491 e. The molecular formula is C17H16F3N5O3. The Kier molecular flexibility index (Phi) is 4.53. The number of halogens is 3. The van der Waals surface area contributed by atoms with Crippen molar-refractivity contribution in [2.75, 3.05) is 13.1 Å². The quantitative estimate of drug-likeness (QED) is 0.538. The summed E-state index contributed by atoms with van der Waals surface area (Å²) in [5.41, 5.74) is 0.774. The summed E-state index contributed by atoms with van der Waals surface area (Å²) < 4.78 is 48.9. The number of esters is 1. The Morgan fingerprint density at radius 1 is 1.32 bits per heavy atom. The van der Waals surface area contributed by atoms with Crippen molar-refractivity contribution in [2.24, 2.45) is 0 Å². The normalized spacial score (nSPS) is 15.9. The van der Waals surface area contributed by atoms with Crippen molar-refractivity contribution in [2.45, 2.75) is 31.9 Å². The molecule has 0 amide bonds. The van der Waals surface area contributed by atoms with E-state index in [0.29, 0.717) is 17.1 Å². The van der Waals surface area contributed by atoms with E-state index in [9.17, 15) is 18.0 Å². The summed E-state index contributed by atoms with van der Waals surface area (Å²) in [6, 6.07) is 4.37. The van der Waals surface area contributed by atoms with Crippen molar-refractivity contribution in [3.8, 4) is 11.7 Å². The fourth-order valence-electron chi connectivity index (χ4n) is 3.26. The zero-order valence-electron chi connectivity index (χ0n) is 14.8. The maximum absolute atomic E-state index is 12.6. The van der Waals surface area contributed by atoms with Gasteiger partial charge in [-0.2, -0.15) is 27.9 Å². The predicted molar refractivity (Wildman–Crippen MR) is 90.2 cm³/mol. The number of hydrogen-bond donors (Lipinski definition) is 1. The molecule has 1 aliphatic heterocycles. The number of rotatable bonds is 3. The molecule has 0 aliphatic carbocycles. The molecule has 148 valence electrons. The van der Waals surface area contributed by atoms with Gasteiger partial charge in [0, 0.05) is 5.92 Å². The first-order chi connectivity index (χ1) is 13.3. The number of aromatic nitrogens is 4. The summed E-state index contributed by atoms with van der Waals surface area (Å²) in [4.78, 5) is 15.6. The molecule has 8 nitrogen and oxygen atoms in total. The van der Waals surface area contributed by atoms with Gasteiger partial charge in [0.05, 0.1) is 16.6 Å². The Labute approximate surface area is 156 Å². The average Bonchev–Trinajstić information content (AvgIpc) is 3.27. The van der Waals surface area contributed by atoms with E-state index in [0.717, 1.165) is 25.9 Å². The number of carbonyl (C=O) groups excluding carboxylic acids is 1. The van der Waals surface area contributed by atoms with Crippen LogP contribution >= 0.6 is 0 Å². The number of piperidine rings is 1. The number of carbonyl (C=O) groups is 1. The van der Waals surface area contributed by atoms with E-state index in [-0.39, 0.29) is 23.0 Å². The molecule has 1 aliphatic rings. The van der Waals surface area contributed by atoms with Crippen LogP contribution in [0.3, 0.4) is 0 Å². The van der Waals surface area contributed by atoms with Gasteiger partial charge < -0.3 is 14.6 Å². The first kappa shape index (κ1) is 18.4. The second-order valence-electron chi connectivity index (χ2n) is 6.49. The Hall–Kier alpha value is -2.95. The monoisotopic (exact) mass is 395 g/mol. The zero-order chi connectivity index (χ0) is 19.9. The summed E-state index contributed by atoms with van der Waals surface area (Å²) in [7, 11) is 0. The van der Waals surface area contributed by atoms with Gasteiger partial charge in [-0.15, -0.1) is 0 Å². The van der Waals surface area contributed by atoms with Crippen LogP contribution in [-0.2, 0) is 4.79 Å². The highest BCUT2D eigenvalue weighted by atomic mass is 19.4. The van der Waals surface area contributed by atoms with Gasteiger partial charge in [0.25, 0.3) is 5.95 Å². The van der Waals surface area contributed by atoms with Crippen molar-refractivity contribution in [1.29, 1.82) is 0 Å². The van der Waals surface area contributed by atoms with E-state index in [4.69, 9.17) is 4.52 Å². The van der Waals surface area contributed by atoms with Crippen LogP contribution in [0, 0.1) is 6.92 Å². The minimum Gasteiger partial charge on any atom is -0.419 e. The van der Waals surface area contributed by atoms with Crippen molar-refractivity contribution >= 4 is 16.9 Å². The van der Waals surface area contributed by atoms with Crippen LogP contribution in [0.25, 0.3) is 16.9 Å². The van der Waals surface area contributed by atoms with Gasteiger partial charge in [-0.1, -0.05) is 6.07 Å². The van der Waals surface area contributed by atoms with Gasteiger partial charge in [-0.05, 0) is 50.1 Å². The number of benzene rings is 1. The SMILES string of the molecule is Cc1nn(-c2noc(C3CCNCC3)n2)c2cccc(OC(=O)C(F)(F)F)c12. The second-order valence-corrected chi connectivity index (χ2v) is 6.49. The van der Waals surface area contributed by atoms with Crippen LogP contribution < -0.4 is 10.1 Å². The molecule has 0 unspecified atom stereocenters. The third-order valence-electron chi connectivity index (χ3n) is 4.59. The molecule has 0 bridgehead atoms. The molecule has 1 N–H and O–H groups in total.